The highest BCUT2D eigenvalue weighted by Gasteiger charge is 2.06. The van der Waals surface area contributed by atoms with Crippen molar-refractivity contribution in [3.05, 3.63) is 59.7 Å². The fourth-order valence-corrected chi connectivity index (χ4v) is 2.09. The van der Waals surface area contributed by atoms with Crippen molar-refractivity contribution in [1.29, 1.82) is 0 Å². The van der Waals surface area contributed by atoms with Crippen LogP contribution in [-0.2, 0) is 4.79 Å². The van der Waals surface area contributed by atoms with E-state index in [0.717, 1.165) is 5.56 Å². The molecule has 2 aromatic carbocycles. The maximum atomic E-state index is 12.0. The smallest absolute Gasteiger partial charge is 0.248 e. The molecule has 126 valence electrons. The topological polar surface area (TPSA) is 64.6 Å². The standard InChI is InChI=1S/C20H17NO4/c1-3-12-25-19-13-15(8-10-18(19)24-2)9-11-20(23)21-17-7-5-4-6-16(17)14-22/h1,4-11,13-14H,12H2,2H3,(H,21,23)/b11-9+. The molecule has 0 heterocycles. The Labute approximate surface area is 146 Å². The number of ether oxygens (including phenoxy) is 2. The summed E-state index contributed by atoms with van der Waals surface area (Å²) in [5.74, 6) is 3.08. The summed E-state index contributed by atoms with van der Waals surface area (Å²) in [6.45, 7) is 0.118. The molecule has 0 unspecified atom stereocenters. The van der Waals surface area contributed by atoms with Gasteiger partial charge < -0.3 is 14.8 Å². The highest BCUT2D eigenvalue weighted by Crippen LogP contribution is 2.28. The largest absolute Gasteiger partial charge is 0.493 e. The number of amides is 1. The van der Waals surface area contributed by atoms with Gasteiger partial charge in [-0.1, -0.05) is 24.1 Å². The zero-order valence-corrected chi connectivity index (χ0v) is 13.7. The lowest BCUT2D eigenvalue weighted by Crippen LogP contribution is -2.09. The van der Waals surface area contributed by atoms with Gasteiger partial charge in [0.25, 0.3) is 0 Å². The highest BCUT2D eigenvalue weighted by molar-refractivity contribution is 6.04. The van der Waals surface area contributed by atoms with Crippen LogP contribution in [0, 0.1) is 12.3 Å². The van der Waals surface area contributed by atoms with Crippen molar-refractivity contribution in [1.82, 2.24) is 0 Å². The number of hydrogen-bond acceptors (Lipinski definition) is 4. The van der Waals surface area contributed by atoms with Crippen molar-refractivity contribution in [3.63, 3.8) is 0 Å². The first kappa shape index (κ1) is 17.8. The molecular weight excluding hydrogens is 318 g/mol. The number of rotatable bonds is 7. The van der Waals surface area contributed by atoms with Gasteiger partial charge in [-0.25, -0.2) is 0 Å². The molecule has 0 fully saturated rings. The summed E-state index contributed by atoms with van der Waals surface area (Å²) in [5.41, 5.74) is 1.62. The second-order valence-corrected chi connectivity index (χ2v) is 4.93. The number of benzene rings is 2. The van der Waals surface area contributed by atoms with Gasteiger partial charge in [-0.2, -0.15) is 0 Å². The van der Waals surface area contributed by atoms with E-state index in [1.807, 2.05) is 0 Å². The fraction of sp³-hybridized carbons (Fsp3) is 0.100. The van der Waals surface area contributed by atoms with Gasteiger partial charge in [0.15, 0.2) is 17.8 Å². The van der Waals surface area contributed by atoms with E-state index < -0.39 is 0 Å². The molecule has 2 rings (SSSR count). The van der Waals surface area contributed by atoms with Gasteiger partial charge in [0, 0.05) is 11.6 Å². The molecule has 0 spiro atoms. The lowest BCUT2D eigenvalue weighted by atomic mass is 10.1. The van der Waals surface area contributed by atoms with E-state index in [1.165, 1.54) is 13.2 Å². The van der Waals surface area contributed by atoms with Crippen molar-refractivity contribution in [2.75, 3.05) is 19.0 Å². The lowest BCUT2D eigenvalue weighted by Gasteiger charge is -2.09. The van der Waals surface area contributed by atoms with Crippen LogP contribution in [0.25, 0.3) is 6.08 Å². The van der Waals surface area contributed by atoms with Crippen LogP contribution in [0.1, 0.15) is 15.9 Å². The molecule has 5 heteroatoms. The SMILES string of the molecule is C#CCOc1cc(/C=C/C(=O)Nc2ccccc2C=O)ccc1OC. The van der Waals surface area contributed by atoms with E-state index in [1.54, 1.807) is 48.5 Å². The van der Waals surface area contributed by atoms with Crippen LogP contribution < -0.4 is 14.8 Å². The van der Waals surface area contributed by atoms with Gasteiger partial charge in [0.2, 0.25) is 5.91 Å². The average Bonchev–Trinajstić information content (AvgIpc) is 2.65. The number of nitrogens with one attached hydrogen (secondary N) is 1. The molecule has 0 radical (unpaired) electrons. The van der Waals surface area contributed by atoms with E-state index in [2.05, 4.69) is 11.2 Å². The van der Waals surface area contributed by atoms with Gasteiger partial charge in [0.05, 0.1) is 12.8 Å². The first-order valence-electron chi connectivity index (χ1n) is 7.45. The van der Waals surface area contributed by atoms with E-state index in [9.17, 15) is 9.59 Å². The predicted octanol–water partition coefficient (Wildman–Crippen LogP) is 3.17. The average molecular weight is 335 g/mol. The number of terminal acetylenes is 1. The fourth-order valence-electron chi connectivity index (χ4n) is 2.09. The summed E-state index contributed by atoms with van der Waals surface area (Å²) in [7, 11) is 1.53. The minimum absolute atomic E-state index is 0.118. The van der Waals surface area contributed by atoms with E-state index >= 15 is 0 Å². The molecular formula is C20H17NO4. The number of aldehydes is 1. The molecule has 0 aliphatic carbocycles. The highest BCUT2D eigenvalue weighted by atomic mass is 16.5. The Kier molecular flexibility index (Phi) is 6.38. The monoisotopic (exact) mass is 335 g/mol. The van der Waals surface area contributed by atoms with Crippen molar-refractivity contribution in [2.45, 2.75) is 0 Å². The van der Waals surface area contributed by atoms with Gasteiger partial charge in [-0.3, -0.25) is 9.59 Å². The number of carbonyl (C=O) groups is 2. The number of methoxy groups -OCH3 is 1. The maximum Gasteiger partial charge on any atom is 0.248 e. The molecule has 0 aromatic heterocycles. The Hall–Kier alpha value is -3.52. The summed E-state index contributed by atoms with van der Waals surface area (Å²) in [6, 6.07) is 12.0. The van der Waals surface area contributed by atoms with Crippen molar-refractivity contribution in [2.24, 2.45) is 0 Å². The zero-order chi connectivity index (χ0) is 18.1. The Balaban J connectivity index is 2.11. The summed E-state index contributed by atoms with van der Waals surface area (Å²) >= 11 is 0. The third-order valence-corrected chi connectivity index (χ3v) is 3.27. The molecule has 0 bridgehead atoms. The van der Waals surface area contributed by atoms with E-state index in [-0.39, 0.29) is 12.5 Å². The van der Waals surface area contributed by atoms with Gasteiger partial charge >= 0.3 is 0 Å². The minimum Gasteiger partial charge on any atom is -0.493 e. The summed E-state index contributed by atoms with van der Waals surface area (Å²) < 4.78 is 10.6. The molecule has 25 heavy (non-hydrogen) atoms. The Morgan fingerprint density at radius 2 is 2.04 bits per heavy atom. The molecule has 5 nitrogen and oxygen atoms in total. The molecule has 0 aliphatic rings. The molecule has 1 amide bonds. The second-order valence-electron chi connectivity index (χ2n) is 4.93. The predicted molar refractivity (Wildman–Crippen MR) is 96.8 cm³/mol. The third kappa shape index (κ3) is 4.98. The van der Waals surface area contributed by atoms with Crippen LogP contribution in [0.4, 0.5) is 5.69 Å². The van der Waals surface area contributed by atoms with Crippen molar-refractivity contribution < 1.29 is 19.1 Å². The molecule has 0 atom stereocenters. The van der Waals surface area contributed by atoms with Gasteiger partial charge in [-0.15, -0.1) is 6.42 Å². The number of carbonyl (C=O) groups excluding carboxylic acids is 2. The van der Waals surface area contributed by atoms with Crippen LogP contribution >= 0.6 is 0 Å². The van der Waals surface area contributed by atoms with Crippen LogP contribution in [0.2, 0.25) is 0 Å². The summed E-state index contributed by atoms with van der Waals surface area (Å²) in [5, 5.41) is 2.66. The van der Waals surface area contributed by atoms with Crippen LogP contribution in [-0.4, -0.2) is 25.9 Å². The van der Waals surface area contributed by atoms with Gasteiger partial charge in [0.1, 0.15) is 6.61 Å². The van der Waals surface area contributed by atoms with Crippen LogP contribution in [0.15, 0.2) is 48.5 Å². The first-order chi connectivity index (χ1) is 12.2. The third-order valence-electron chi connectivity index (χ3n) is 3.27. The molecule has 1 N–H and O–H groups in total. The second kappa shape index (κ2) is 8.94. The Bertz CT molecular complexity index is 834. The molecule has 0 saturated carbocycles. The number of hydrogen-bond donors (Lipinski definition) is 1. The quantitative estimate of drug-likeness (QED) is 0.479. The molecule has 2 aromatic rings. The summed E-state index contributed by atoms with van der Waals surface area (Å²) in [4.78, 5) is 23.0. The Morgan fingerprint density at radius 1 is 1.24 bits per heavy atom. The molecule has 0 saturated heterocycles. The molecule has 0 aliphatic heterocycles. The van der Waals surface area contributed by atoms with Crippen LogP contribution in [0.5, 0.6) is 11.5 Å². The lowest BCUT2D eigenvalue weighted by molar-refractivity contribution is -0.111. The number of anilines is 1. The summed E-state index contributed by atoms with van der Waals surface area (Å²) in [6.07, 6.45) is 8.88. The van der Waals surface area contributed by atoms with E-state index in [4.69, 9.17) is 15.9 Å². The van der Waals surface area contributed by atoms with Crippen LogP contribution in [0.3, 0.4) is 0 Å². The maximum absolute atomic E-state index is 12.0. The minimum atomic E-state index is -0.351. The van der Waals surface area contributed by atoms with Crippen molar-refractivity contribution in [3.8, 4) is 23.8 Å². The Morgan fingerprint density at radius 3 is 2.76 bits per heavy atom. The van der Waals surface area contributed by atoms with E-state index in [0.29, 0.717) is 29.0 Å². The van der Waals surface area contributed by atoms with Gasteiger partial charge in [-0.05, 0) is 35.9 Å². The zero-order valence-electron chi connectivity index (χ0n) is 13.7. The van der Waals surface area contributed by atoms with Crippen molar-refractivity contribution >= 4 is 24.0 Å². The normalized spacial score (nSPS) is 10.1. The first-order valence-corrected chi connectivity index (χ1v) is 7.45. The number of para-hydroxylation sites is 1.